The van der Waals surface area contributed by atoms with Crippen LogP contribution < -0.4 is 10.6 Å². The van der Waals surface area contributed by atoms with Crippen molar-refractivity contribution in [3.05, 3.63) is 32.3 Å². The summed E-state index contributed by atoms with van der Waals surface area (Å²) in [5.41, 5.74) is -1.06. The highest BCUT2D eigenvalue weighted by Crippen LogP contribution is 2.18. The summed E-state index contributed by atoms with van der Waals surface area (Å²) < 4.78 is 1.31. The molecule has 0 radical (unpaired) electrons. The van der Waals surface area contributed by atoms with Gasteiger partial charge in [0, 0.05) is 11.1 Å². The van der Waals surface area contributed by atoms with Crippen molar-refractivity contribution in [2.75, 3.05) is 13.1 Å². The molecule has 0 saturated carbocycles. The van der Waals surface area contributed by atoms with E-state index in [0.29, 0.717) is 13.1 Å². The molecule has 1 heterocycles. The SMILES string of the molecule is CC(N=O)C(C)(C)NCCCNC(C)(C)C(Cn1ccnc1[N+](=O)[O-])N=O. The number of nitrogens with zero attached hydrogens (tertiary/aromatic N) is 5. The first-order valence-electron chi connectivity index (χ1n) is 8.85. The lowest BCUT2D eigenvalue weighted by Crippen LogP contribution is -2.51. The van der Waals surface area contributed by atoms with Gasteiger partial charge in [-0.1, -0.05) is 15.3 Å². The molecule has 0 spiro atoms. The third kappa shape index (κ3) is 6.43. The Morgan fingerprint density at radius 1 is 1.19 bits per heavy atom. The average molecular weight is 383 g/mol. The van der Waals surface area contributed by atoms with Crippen molar-refractivity contribution in [2.24, 2.45) is 10.4 Å². The number of nitrogens with one attached hydrogen (secondary N) is 2. The molecule has 0 amide bonds. The number of nitroso groups, excluding NO2 is 2. The molecule has 0 saturated heterocycles. The second-order valence-electron chi connectivity index (χ2n) is 7.69. The summed E-state index contributed by atoms with van der Waals surface area (Å²) in [7, 11) is 0. The predicted octanol–water partition coefficient (Wildman–Crippen LogP) is 2.21. The quantitative estimate of drug-likeness (QED) is 0.230. The van der Waals surface area contributed by atoms with Crippen molar-refractivity contribution in [1.29, 1.82) is 0 Å². The molecular formula is C16H29N7O4. The Morgan fingerprint density at radius 3 is 2.30 bits per heavy atom. The molecule has 1 aromatic rings. The van der Waals surface area contributed by atoms with Gasteiger partial charge in [0.2, 0.25) is 0 Å². The molecule has 152 valence electrons. The number of rotatable bonds is 13. The van der Waals surface area contributed by atoms with Gasteiger partial charge in [0.05, 0.1) is 6.54 Å². The lowest BCUT2D eigenvalue weighted by molar-refractivity contribution is -0.396. The standard InChI is InChI=1S/C16H29N7O4/c1-12(20-24)15(2,3)18-7-6-8-19-16(4,5)13(21-25)11-22-10-9-17-14(22)23(26)27/h9-10,12-13,18-19H,6-8,11H2,1-5H3. The van der Waals surface area contributed by atoms with Crippen LogP contribution in [-0.4, -0.2) is 50.7 Å². The van der Waals surface area contributed by atoms with E-state index in [9.17, 15) is 19.9 Å². The molecule has 2 N–H and O–H groups in total. The highest BCUT2D eigenvalue weighted by molar-refractivity contribution is 5.08. The van der Waals surface area contributed by atoms with Crippen molar-refractivity contribution < 1.29 is 4.92 Å². The van der Waals surface area contributed by atoms with E-state index in [0.717, 1.165) is 6.42 Å². The molecule has 0 bridgehead atoms. The Labute approximate surface area is 158 Å². The maximum Gasteiger partial charge on any atom is 0.434 e. The first-order valence-corrected chi connectivity index (χ1v) is 8.85. The number of imidazole rings is 1. The normalized spacial score (nSPS) is 14.6. The summed E-state index contributed by atoms with van der Waals surface area (Å²) >= 11 is 0. The van der Waals surface area contributed by atoms with Crippen LogP contribution in [0.15, 0.2) is 22.7 Å². The van der Waals surface area contributed by atoms with E-state index in [-0.39, 0.29) is 18.5 Å². The van der Waals surface area contributed by atoms with Crippen molar-refractivity contribution in [3.63, 3.8) is 0 Å². The molecule has 2 atom stereocenters. The van der Waals surface area contributed by atoms with Gasteiger partial charge in [-0.05, 0) is 59.1 Å². The lowest BCUT2D eigenvalue weighted by Gasteiger charge is -2.31. The van der Waals surface area contributed by atoms with Crippen molar-refractivity contribution in [2.45, 2.75) is 70.7 Å². The molecular weight excluding hydrogens is 354 g/mol. The fourth-order valence-electron chi connectivity index (χ4n) is 2.50. The van der Waals surface area contributed by atoms with Crippen LogP contribution in [0.25, 0.3) is 0 Å². The average Bonchev–Trinajstić information content (AvgIpc) is 3.06. The van der Waals surface area contributed by atoms with E-state index < -0.39 is 22.0 Å². The second-order valence-corrected chi connectivity index (χ2v) is 7.69. The van der Waals surface area contributed by atoms with E-state index >= 15 is 0 Å². The van der Waals surface area contributed by atoms with E-state index in [1.54, 1.807) is 6.92 Å². The van der Waals surface area contributed by atoms with Crippen molar-refractivity contribution in [3.8, 4) is 0 Å². The van der Waals surface area contributed by atoms with Crippen LogP contribution in [0.1, 0.15) is 41.0 Å². The molecule has 0 aliphatic heterocycles. The first-order chi connectivity index (χ1) is 12.5. The number of hydrogen-bond acceptors (Lipinski definition) is 9. The molecule has 2 unspecified atom stereocenters. The van der Waals surface area contributed by atoms with Crippen LogP contribution in [-0.2, 0) is 6.54 Å². The van der Waals surface area contributed by atoms with Crippen LogP contribution in [0, 0.1) is 19.9 Å². The van der Waals surface area contributed by atoms with Gasteiger partial charge in [-0.2, -0.15) is 9.81 Å². The smallest absolute Gasteiger partial charge is 0.390 e. The molecule has 11 nitrogen and oxygen atoms in total. The zero-order valence-corrected chi connectivity index (χ0v) is 16.5. The van der Waals surface area contributed by atoms with Crippen LogP contribution in [0.5, 0.6) is 0 Å². The molecule has 0 aliphatic carbocycles. The Morgan fingerprint density at radius 2 is 1.78 bits per heavy atom. The minimum Gasteiger partial charge on any atom is -0.390 e. The Hall–Kier alpha value is -2.27. The Bertz CT molecular complexity index is 644. The summed E-state index contributed by atoms with van der Waals surface area (Å²) in [6, 6.07) is -1.06. The van der Waals surface area contributed by atoms with E-state index in [4.69, 9.17) is 0 Å². The van der Waals surface area contributed by atoms with Gasteiger partial charge in [-0.15, -0.1) is 0 Å². The van der Waals surface area contributed by atoms with E-state index in [2.05, 4.69) is 26.0 Å². The minimum absolute atomic E-state index is 0.0631. The molecule has 1 aromatic heterocycles. The van der Waals surface area contributed by atoms with Gasteiger partial charge in [0.15, 0.2) is 0 Å². The summed E-state index contributed by atoms with van der Waals surface area (Å²) in [5, 5.41) is 23.7. The monoisotopic (exact) mass is 383 g/mol. The summed E-state index contributed by atoms with van der Waals surface area (Å²) in [6.45, 7) is 10.6. The largest absolute Gasteiger partial charge is 0.434 e. The third-order valence-corrected chi connectivity index (χ3v) is 4.90. The van der Waals surface area contributed by atoms with Crippen molar-refractivity contribution >= 4 is 5.95 Å². The number of aromatic nitrogens is 2. The maximum atomic E-state index is 11.3. The summed E-state index contributed by atoms with van der Waals surface area (Å²) in [5.74, 6) is -0.316. The van der Waals surface area contributed by atoms with Crippen LogP contribution in [0.4, 0.5) is 5.95 Å². The van der Waals surface area contributed by atoms with Crippen LogP contribution in [0.2, 0.25) is 0 Å². The van der Waals surface area contributed by atoms with Gasteiger partial charge >= 0.3 is 5.95 Å². The molecule has 11 heteroatoms. The van der Waals surface area contributed by atoms with E-state index in [1.165, 1.54) is 17.0 Å². The number of nitro groups is 1. The van der Waals surface area contributed by atoms with Crippen LogP contribution >= 0.6 is 0 Å². The first kappa shape index (κ1) is 22.8. The fourth-order valence-corrected chi connectivity index (χ4v) is 2.50. The highest BCUT2D eigenvalue weighted by atomic mass is 16.6. The maximum absolute atomic E-state index is 11.3. The Kier molecular flexibility index (Phi) is 8.10. The van der Waals surface area contributed by atoms with Gasteiger partial charge in [-0.25, -0.2) is 4.57 Å². The van der Waals surface area contributed by atoms with Crippen molar-refractivity contribution in [1.82, 2.24) is 20.2 Å². The van der Waals surface area contributed by atoms with Gasteiger partial charge in [-0.3, -0.25) is 0 Å². The summed E-state index contributed by atoms with van der Waals surface area (Å²) in [4.78, 5) is 36.1. The van der Waals surface area contributed by atoms with Gasteiger partial charge < -0.3 is 20.7 Å². The zero-order valence-electron chi connectivity index (χ0n) is 16.5. The Balaban J connectivity index is 2.55. The van der Waals surface area contributed by atoms with E-state index in [1.807, 2.05) is 27.7 Å². The molecule has 0 fully saturated rings. The summed E-state index contributed by atoms with van der Waals surface area (Å²) in [6.07, 6.45) is 3.54. The third-order valence-electron chi connectivity index (χ3n) is 4.90. The fraction of sp³-hybridized carbons (Fsp3) is 0.812. The second kappa shape index (κ2) is 9.60. The topological polar surface area (TPSA) is 144 Å². The molecule has 0 aliphatic rings. The van der Waals surface area contributed by atoms with Crippen LogP contribution in [0.3, 0.4) is 0 Å². The lowest BCUT2D eigenvalue weighted by atomic mass is 9.94. The number of hydrogen-bond donors (Lipinski definition) is 2. The minimum atomic E-state index is -0.714. The molecule has 1 rings (SSSR count). The van der Waals surface area contributed by atoms with Gasteiger partial charge in [0.25, 0.3) is 0 Å². The molecule has 27 heavy (non-hydrogen) atoms. The van der Waals surface area contributed by atoms with Gasteiger partial charge in [0.1, 0.15) is 24.5 Å². The molecule has 0 aromatic carbocycles. The predicted molar refractivity (Wildman–Crippen MR) is 103 cm³/mol. The zero-order chi connectivity index (χ0) is 20.7. The highest BCUT2D eigenvalue weighted by Gasteiger charge is 2.33.